The van der Waals surface area contributed by atoms with E-state index >= 15 is 0 Å². The quantitative estimate of drug-likeness (QED) is 0.196. The molecule has 0 aromatic heterocycles. The molecule has 0 bridgehead atoms. The molecule has 0 heterocycles. The second-order valence-corrected chi connectivity index (χ2v) is 6.37. The molecule has 22 heavy (non-hydrogen) atoms. The van der Waals surface area contributed by atoms with Crippen LogP contribution in [0, 0.1) is 0 Å². The van der Waals surface area contributed by atoms with Gasteiger partial charge in [0.05, 0.1) is 0 Å². The van der Waals surface area contributed by atoms with E-state index in [9.17, 15) is 52.7 Å². The zero-order valence-corrected chi connectivity index (χ0v) is 14.0. The lowest BCUT2D eigenvalue weighted by Crippen LogP contribution is -2.69. The maximum atomic E-state index is 13.0. The van der Waals surface area contributed by atoms with Crippen LogP contribution in [0.5, 0.6) is 0 Å². The van der Waals surface area contributed by atoms with Crippen molar-refractivity contribution in [1.29, 1.82) is 0 Å². The average molecular weight is 582 g/mol. The Balaban J connectivity index is 6.11. The van der Waals surface area contributed by atoms with Crippen LogP contribution in [0.15, 0.2) is 0 Å². The Labute approximate surface area is 142 Å². The molecule has 0 saturated heterocycles. The molecule has 0 radical (unpaired) electrons. The normalized spacial score (nSPS) is 16.1. The first-order valence-corrected chi connectivity index (χ1v) is 7.43. The second-order valence-electron chi connectivity index (χ2n) is 3.94. The summed E-state index contributed by atoms with van der Waals surface area (Å²) in [6.07, 6.45) is -2.06. The van der Waals surface area contributed by atoms with Crippen molar-refractivity contribution in [3.63, 3.8) is 0 Å². The Hall–Kier alpha value is 0.620. The minimum atomic E-state index is -7.44. The fourth-order valence-corrected chi connectivity index (χ4v) is 2.09. The molecule has 0 saturated carbocycles. The molecule has 0 fully saturated rings. The van der Waals surface area contributed by atoms with E-state index in [0.717, 1.165) is 22.6 Å². The van der Waals surface area contributed by atoms with Crippen LogP contribution >= 0.6 is 45.2 Å². The summed E-state index contributed by atoms with van der Waals surface area (Å²) in [6.45, 7) is 0. The van der Waals surface area contributed by atoms with Gasteiger partial charge in [-0.3, -0.25) is 0 Å². The molecule has 0 aromatic carbocycles. The molecule has 0 nitrogen and oxygen atoms in total. The maximum absolute atomic E-state index is 13.0. The maximum Gasteiger partial charge on any atom is 0.387 e. The third-order valence-electron chi connectivity index (χ3n) is 2.41. The van der Waals surface area contributed by atoms with E-state index in [1.807, 2.05) is 0 Å². The second kappa shape index (κ2) is 6.16. The Kier molecular flexibility index (Phi) is 6.34. The highest BCUT2D eigenvalue weighted by Gasteiger charge is 2.89. The fourth-order valence-electron chi connectivity index (χ4n) is 1.08. The summed E-state index contributed by atoms with van der Waals surface area (Å²) in [5, 5.41) is 0. The average Bonchev–Trinajstić information content (AvgIpc) is 2.26. The topological polar surface area (TPSA) is 0 Å². The monoisotopic (exact) mass is 582 g/mol. The first kappa shape index (κ1) is 22.6. The molecular weight excluding hydrogens is 578 g/mol. The SMILES string of the molecule is FC(F)(I)C(F)(F)C(F)(F)C(F)(F)C(F)(F)C(F)(F)CCI. The molecule has 14 heteroatoms. The van der Waals surface area contributed by atoms with Crippen molar-refractivity contribution in [3.8, 4) is 0 Å². The van der Waals surface area contributed by atoms with Gasteiger partial charge >= 0.3 is 33.5 Å². The zero-order valence-electron chi connectivity index (χ0n) is 9.71. The number of alkyl halides is 14. The van der Waals surface area contributed by atoms with E-state index in [1.54, 1.807) is 0 Å². The van der Waals surface area contributed by atoms with Gasteiger partial charge < -0.3 is 0 Å². The zero-order chi connectivity index (χ0) is 18.4. The Bertz CT molecular complexity index is 398. The predicted molar refractivity (Wildman–Crippen MR) is 67.2 cm³/mol. The van der Waals surface area contributed by atoms with Gasteiger partial charge in [-0.1, -0.05) is 22.6 Å². The van der Waals surface area contributed by atoms with E-state index in [1.165, 1.54) is 0 Å². The van der Waals surface area contributed by atoms with Crippen molar-refractivity contribution in [2.75, 3.05) is 4.43 Å². The molecule has 0 amide bonds. The van der Waals surface area contributed by atoms with E-state index in [-0.39, 0.29) is 0 Å². The molecule has 0 aliphatic rings. The number of hydrogen-bond donors (Lipinski definition) is 0. The Morgan fingerprint density at radius 1 is 0.545 bits per heavy atom. The Morgan fingerprint density at radius 3 is 1.14 bits per heavy atom. The van der Waals surface area contributed by atoms with Crippen LogP contribution in [0.2, 0.25) is 0 Å². The highest BCUT2D eigenvalue weighted by molar-refractivity contribution is 14.1. The van der Waals surface area contributed by atoms with Gasteiger partial charge in [0.1, 0.15) is 0 Å². The molecule has 0 aliphatic heterocycles. The summed E-state index contributed by atoms with van der Waals surface area (Å²) < 4.78 is 147. The molecule has 0 N–H and O–H groups in total. The summed E-state index contributed by atoms with van der Waals surface area (Å²) in [4.78, 5) is 0. The van der Waals surface area contributed by atoms with Gasteiger partial charge in [0.2, 0.25) is 0 Å². The Morgan fingerprint density at radius 2 is 0.864 bits per heavy atom. The van der Waals surface area contributed by atoms with E-state index < -0.39 is 67.0 Å². The van der Waals surface area contributed by atoms with Gasteiger partial charge in [0.15, 0.2) is 0 Å². The highest BCUT2D eigenvalue weighted by Crippen LogP contribution is 2.61. The third-order valence-corrected chi connectivity index (χ3v) is 3.62. The van der Waals surface area contributed by atoms with Crippen molar-refractivity contribution in [2.45, 2.75) is 40.0 Å². The minimum Gasteiger partial charge on any atom is -0.200 e. The third kappa shape index (κ3) is 3.22. The minimum absolute atomic E-state index is 0.680. The molecule has 0 aromatic rings. The number of halogens is 14. The molecule has 134 valence electrons. The largest absolute Gasteiger partial charge is 0.387 e. The van der Waals surface area contributed by atoms with Gasteiger partial charge in [-0.15, -0.1) is 0 Å². The summed E-state index contributed by atoms with van der Waals surface area (Å²) in [6, 6.07) is 0. The molecule has 0 spiro atoms. The lowest BCUT2D eigenvalue weighted by molar-refractivity contribution is -0.414. The van der Waals surface area contributed by atoms with E-state index in [2.05, 4.69) is 0 Å². The van der Waals surface area contributed by atoms with Crippen molar-refractivity contribution in [3.05, 3.63) is 0 Å². The van der Waals surface area contributed by atoms with Crippen LogP contribution in [0.4, 0.5) is 52.7 Å². The van der Waals surface area contributed by atoms with E-state index in [0.29, 0.717) is 0 Å². The van der Waals surface area contributed by atoms with Crippen LogP contribution in [-0.4, -0.2) is 38.0 Å². The van der Waals surface area contributed by atoms with Gasteiger partial charge in [0, 0.05) is 33.4 Å². The molecule has 0 atom stereocenters. The van der Waals surface area contributed by atoms with Gasteiger partial charge in [-0.25, -0.2) is 0 Å². The van der Waals surface area contributed by atoms with Gasteiger partial charge in [-0.05, 0) is 0 Å². The predicted octanol–water partition coefficient (Wildman–Crippen LogP) is 6.02. The van der Waals surface area contributed by atoms with Crippen LogP contribution < -0.4 is 0 Å². The fraction of sp³-hybridized carbons (Fsp3) is 1.00. The molecule has 0 aliphatic carbocycles. The summed E-state index contributed by atoms with van der Waals surface area (Å²) >= 11 is 0.336. The number of hydrogen-bond acceptors (Lipinski definition) is 0. The van der Waals surface area contributed by atoms with Crippen molar-refractivity contribution >= 4 is 45.2 Å². The van der Waals surface area contributed by atoms with Gasteiger partial charge in [-0.2, -0.15) is 52.7 Å². The smallest absolute Gasteiger partial charge is 0.200 e. The molecule has 0 rings (SSSR count). The molecule has 0 unspecified atom stereocenters. The van der Waals surface area contributed by atoms with Crippen molar-refractivity contribution in [2.24, 2.45) is 0 Å². The lowest BCUT2D eigenvalue weighted by Gasteiger charge is -2.40. The van der Waals surface area contributed by atoms with Crippen LogP contribution in [-0.2, 0) is 0 Å². The number of rotatable bonds is 7. The van der Waals surface area contributed by atoms with Crippen LogP contribution in [0.25, 0.3) is 0 Å². The summed E-state index contributed by atoms with van der Waals surface area (Å²) in [5.74, 6) is -34.7. The lowest BCUT2D eigenvalue weighted by atomic mass is 9.93. The van der Waals surface area contributed by atoms with Crippen LogP contribution in [0.3, 0.4) is 0 Å². The van der Waals surface area contributed by atoms with Crippen LogP contribution in [0.1, 0.15) is 6.42 Å². The van der Waals surface area contributed by atoms with E-state index in [4.69, 9.17) is 0 Å². The highest BCUT2D eigenvalue weighted by atomic mass is 127. The summed E-state index contributed by atoms with van der Waals surface area (Å²) in [7, 11) is 0. The standard InChI is InChI=1S/C8H4F12I2/c9-3(10,1-2-21)4(11,12)5(13,14)6(15,16)7(17,18)8(19,20)22/h1-2H2. The van der Waals surface area contributed by atoms with Crippen molar-refractivity contribution in [1.82, 2.24) is 0 Å². The first-order chi connectivity index (χ1) is 9.31. The van der Waals surface area contributed by atoms with Crippen molar-refractivity contribution < 1.29 is 52.7 Å². The summed E-state index contributed by atoms with van der Waals surface area (Å²) in [5.41, 5.74) is 0. The molecular formula is C8H4F12I2. The first-order valence-electron chi connectivity index (χ1n) is 4.83. The van der Waals surface area contributed by atoms with Gasteiger partial charge in [0.25, 0.3) is 0 Å².